The van der Waals surface area contributed by atoms with Crippen molar-refractivity contribution in [2.45, 2.75) is 32.6 Å². The number of unbranched alkanes of at least 4 members (excludes halogenated alkanes) is 1. The van der Waals surface area contributed by atoms with Crippen LogP contribution in [-0.2, 0) is 11.2 Å². The Balaban J connectivity index is 2.56. The zero-order chi connectivity index (χ0) is 12.5. The van der Waals surface area contributed by atoms with Gasteiger partial charge in [0.1, 0.15) is 5.75 Å². The van der Waals surface area contributed by atoms with Crippen LogP contribution in [0.25, 0.3) is 0 Å². The molecule has 0 saturated carbocycles. The third-order valence-electron chi connectivity index (χ3n) is 2.58. The third kappa shape index (κ3) is 5.55. The van der Waals surface area contributed by atoms with Crippen molar-refractivity contribution in [2.75, 3.05) is 20.3 Å². The van der Waals surface area contributed by atoms with Crippen LogP contribution in [0, 0.1) is 0 Å². The largest absolute Gasteiger partial charge is 0.493 e. The first-order valence-corrected chi connectivity index (χ1v) is 6.97. The number of rotatable bonds is 8. The van der Waals surface area contributed by atoms with E-state index < -0.39 is 0 Å². The Bertz CT molecular complexity index is 326. The number of halogens is 1. The predicted octanol–water partition coefficient (Wildman–Crippen LogP) is 4.21. The number of methoxy groups -OCH3 is 1. The van der Waals surface area contributed by atoms with E-state index in [0.29, 0.717) is 6.61 Å². The standard InChI is InChI=1S/C14H21BrO2/c1-3-4-6-12-7-8-13(15)11-14(12)17-10-5-9-16-2/h7-8,11H,3-6,9-10H2,1-2H3. The van der Waals surface area contributed by atoms with Gasteiger partial charge in [-0.1, -0.05) is 35.3 Å². The maximum absolute atomic E-state index is 5.81. The Morgan fingerprint density at radius 1 is 1.18 bits per heavy atom. The van der Waals surface area contributed by atoms with Crippen LogP contribution in [0.15, 0.2) is 22.7 Å². The van der Waals surface area contributed by atoms with Crippen LogP contribution < -0.4 is 4.74 Å². The van der Waals surface area contributed by atoms with Gasteiger partial charge in [0, 0.05) is 24.6 Å². The lowest BCUT2D eigenvalue weighted by Crippen LogP contribution is -2.03. The highest BCUT2D eigenvalue weighted by molar-refractivity contribution is 9.10. The molecule has 0 radical (unpaired) electrons. The van der Waals surface area contributed by atoms with Crippen LogP contribution in [-0.4, -0.2) is 20.3 Å². The molecule has 1 aromatic carbocycles. The van der Waals surface area contributed by atoms with Crippen molar-refractivity contribution < 1.29 is 9.47 Å². The molecule has 0 fully saturated rings. The highest BCUT2D eigenvalue weighted by atomic mass is 79.9. The van der Waals surface area contributed by atoms with Crippen molar-refractivity contribution in [3.05, 3.63) is 28.2 Å². The first kappa shape index (κ1) is 14.5. The Labute approximate surface area is 112 Å². The molecular formula is C14H21BrO2. The fraction of sp³-hybridized carbons (Fsp3) is 0.571. The number of hydrogen-bond acceptors (Lipinski definition) is 2. The van der Waals surface area contributed by atoms with E-state index in [2.05, 4.69) is 41.1 Å². The maximum Gasteiger partial charge on any atom is 0.123 e. The van der Waals surface area contributed by atoms with E-state index in [1.54, 1.807) is 7.11 Å². The van der Waals surface area contributed by atoms with Crippen LogP contribution in [0.4, 0.5) is 0 Å². The summed E-state index contributed by atoms with van der Waals surface area (Å²) in [5.41, 5.74) is 1.30. The monoisotopic (exact) mass is 300 g/mol. The summed E-state index contributed by atoms with van der Waals surface area (Å²) in [4.78, 5) is 0. The van der Waals surface area contributed by atoms with E-state index in [-0.39, 0.29) is 0 Å². The second-order valence-electron chi connectivity index (χ2n) is 4.05. The second-order valence-corrected chi connectivity index (χ2v) is 4.97. The van der Waals surface area contributed by atoms with E-state index in [4.69, 9.17) is 9.47 Å². The molecule has 96 valence electrons. The summed E-state index contributed by atoms with van der Waals surface area (Å²) in [5.74, 6) is 1.00. The average Bonchev–Trinajstić information content (AvgIpc) is 2.33. The maximum atomic E-state index is 5.81. The van der Waals surface area contributed by atoms with Crippen molar-refractivity contribution in [3.8, 4) is 5.75 Å². The van der Waals surface area contributed by atoms with Gasteiger partial charge >= 0.3 is 0 Å². The summed E-state index contributed by atoms with van der Waals surface area (Å²) in [5, 5.41) is 0. The quantitative estimate of drug-likeness (QED) is 0.670. The van der Waals surface area contributed by atoms with Crippen molar-refractivity contribution in [1.82, 2.24) is 0 Å². The molecule has 0 spiro atoms. The Morgan fingerprint density at radius 2 is 2.00 bits per heavy atom. The predicted molar refractivity (Wildman–Crippen MR) is 74.7 cm³/mol. The van der Waals surface area contributed by atoms with Gasteiger partial charge in [-0.05, 0) is 30.5 Å². The van der Waals surface area contributed by atoms with Gasteiger partial charge in [-0.2, -0.15) is 0 Å². The molecule has 17 heavy (non-hydrogen) atoms. The zero-order valence-electron chi connectivity index (χ0n) is 10.7. The SMILES string of the molecule is CCCCc1ccc(Br)cc1OCCCOC. The molecule has 0 aliphatic rings. The topological polar surface area (TPSA) is 18.5 Å². The molecule has 0 N–H and O–H groups in total. The van der Waals surface area contributed by atoms with Crippen LogP contribution in [0.2, 0.25) is 0 Å². The number of hydrogen-bond donors (Lipinski definition) is 0. The Kier molecular flexibility index (Phi) is 7.29. The summed E-state index contributed by atoms with van der Waals surface area (Å²) in [7, 11) is 1.71. The summed E-state index contributed by atoms with van der Waals surface area (Å²) in [6.07, 6.45) is 4.43. The smallest absolute Gasteiger partial charge is 0.123 e. The van der Waals surface area contributed by atoms with Gasteiger partial charge in [0.25, 0.3) is 0 Å². The highest BCUT2D eigenvalue weighted by Gasteiger charge is 2.04. The molecule has 0 unspecified atom stereocenters. The van der Waals surface area contributed by atoms with E-state index in [9.17, 15) is 0 Å². The van der Waals surface area contributed by atoms with E-state index in [1.807, 2.05) is 0 Å². The van der Waals surface area contributed by atoms with Crippen LogP contribution in [0.5, 0.6) is 5.75 Å². The highest BCUT2D eigenvalue weighted by Crippen LogP contribution is 2.25. The average molecular weight is 301 g/mol. The van der Waals surface area contributed by atoms with E-state index >= 15 is 0 Å². The van der Waals surface area contributed by atoms with Gasteiger partial charge in [-0.15, -0.1) is 0 Å². The molecule has 3 heteroatoms. The van der Waals surface area contributed by atoms with Gasteiger partial charge in [0.15, 0.2) is 0 Å². The molecule has 0 amide bonds. The molecular weight excluding hydrogens is 280 g/mol. The lowest BCUT2D eigenvalue weighted by molar-refractivity contribution is 0.172. The normalized spacial score (nSPS) is 10.5. The Morgan fingerprint density at radius 3 is 2.71 bits per heavy atom. The van der Waals surface area contributed by atoms with Gasteiger partial charge in [-0.3, -0.25) is 0 Å². The minimum atomic E-state index is 0.712. The van der Waals surface area contributed by atoms with Crippen molar-refractivity contribution in [3.63, 3.8) is 0 Å². The molecule has 1 aromatic rings. The minimum Gasteiger partial charge on any atom is -0.493 e. The van der Waals surface area contributed by atoms with E-state index in [0.717, 1.165) is 29.7 Å². The molecule has 2 nitrogen and oxygen atoms in total. The zero-order valence-corrected chi connectivity index (χ0v) is 12.3. The third-order valence-corrected chi connectivity index (χ3v) is 3.07. The van der Waals surface area contributed by atoms with Gasteiger partial charge in [0.05, 0.1) is 6.61 Å². The molecule has 0 aliphatic carbocycles. The number of aryl methyl sites for hydroxylation is 1. The second kappa shape index (κ2) is 8.54. The minimum absolute atomic E-state index is 0.712. The van der Waals surface area contributed by atoms with Crippen molar-refractivity contribution >= 4 is 15.9 Å². The lowest BCUT2D eigenvalue weighted by atomic mass is 10.1. The van der Waals surface area contributed by atoms with Crippen molar-refractivity contribution in [2.24, 2.45) is 0 Å². The van der Waals surface area contributed by atoms with Crippen molar-refractivity contribution in [1.29, 1.82) is 0 Å². The Hall–Kier alpha value is -0.540. The van der Waals surface area contributed by atoms with Gasteiger partial charge < -0.3 is 9.47 Å². The van der Waals surface area contributed by atoms with Gasteiger partial charge in [0.2, 0.25) is 0 Å². The molecule has 0 saturated heterocycles. The summed E-state index contributed by atoms with van der Waals surface area (Å²) < 4.78 is 11.9. The molecule has 0 aromatic heterocycles. The van der Waals surface area contributed by atoms with E-state index in [1.165, 1.54) is 18.4 Å². The summed E-state index contributed by atoms with van der Waals surface area (Å²) >= 11 is 3.48. The van der Waals surface area contributed by atoms with Crippen LogP contribution in [0.3, 0.4) is 0 Å². The van der Waals surface area contributed by atoms with Crippen LogP contribution in [0.1, 0.15) is 31.7 Å². The molecule has 0 heterocycles. The first-order chi connectivity index (χ1) is 8.27. The molecule has 0 bridgehead atoms. The summed E-state index contributed by atoms with van der Waals surface area (Å²) in [6.45, 7) is 3.67. The number of benzene rings is 1. The summed E-state index contributed by atoms with van der Waals surface area (Å²) in [6, 6.07) is 6.27. The lowest BCUT2D eigenvalue weighted by Gasteiger charge is -2.11. The molecule has 0 atom stereocenters. The number of ether oxygens (including phenoxy) is 2. The fourth-order valence-electron chi connectivity index (χ4n) is 1.62. The van der Waals surface area contributed by atoms with Gasteiger partial charge in [-0.25, -0.2) is 0 Å². The fourth-order valence-corrected chi connectivity index (χ4v) is 1.96. The van der Waals surface area contributed by atoms with Crippen LogP contribution >= 0.6 is 15.9 Å². The molecule has 1 rings (SSSR count). The first-order valence-electron chi connectivity index (χ1n) is 6.18. The molecule has 0 aliphatic heterocycles.